The second-order valence-corrected chi connectivity index (χ2v) is 2.43. The van der Waals surface area contributed by atoms with Crippen molar-refractivity contribution in [3.63, 3.8) is 0 Å². The molecule has 1 unspecified atom stereocenters. The molecule has 0 aromatic rings. The topological polar surface area (TPSA) is 75.4 Å². The van der Waals surface area contributed by atoms with E-state index in [1.54, 1.807) is 13.8 Å². The van der Waals surface area contributed by atoms with Crippen LogP contribution in [-0.4, -0.2) is 23.3 Å². The Balaban J connectivity index is 3.84. The van der Waals surface area contributed by atoms with Crippen LogP contribution >= 0.6 is 0 Å². The smallest absolute Gasteiger partial charge is 0.207 e. The van der Waals surface area contributed by atoms with Crippen LogP contribution in [0.1, 0.15) is 13.8 Å². The first-order valence-corrected chi connectivity index (χ1v) is 2.65. The predicted octanol–water partition coefficient (Wildman–Crippen LogP) is -1.21. The minimum Gasteiger partial charge on any atom is -0.376 e. The van der Waals surface area contributed by atoms with Crippen molar-refractivity contribution in [3.05, 3.63) is 0 Å². The maximum absolute atomic E-state index is 9.85. The highest BCUT2D eigenvalue weighted by atomic mass is 16.3. The molecule has 0 bridgehead atoms. The molecule has 1 amide bonds. The Labute approximate surface area is 54.0 Å². The van der Waals surface area contributed by atoms with E-state index in [2.05, 4.69) is 5.32 Å². The first kappa shape index (κ1) is 8.39. The molecule has 1 atom stereocenters. The predicted molar refractivity (Wildman–Crippen MR) is 33.5 cm³/mol. The fraction of sp³-hybridized carbons (Fsp3) is 0.800. The third-order valence-electron chi connectivity index (χ3n) is 1.17. The van der Waals surface area contributed by atoms with Gasteiger partial charge in [0.1, 0.15) is 6.23 Å². The number of hydrogen-bond acceptors (Lipinski definition) is 3. The summed E-state index contributed by atoms with van der Waals surface area (Å²) < 4.78 is 0. The van der Waals surface area contributed by atoms with Crippen molar-refractivity contribution in [1.82, 2.24) is 5.32 Å². The Morgan fingerprint density at radius 2 is 2.22 bits per heavy atom. The Morgan fingerprint density at radius 1 is 1.78 bits per heavy atom. The molecule has 0 heterocycles. The summed E-state index contributed by atoms with van der Waals surface area (Å²) in [4.78, 5) is 9.85. The zero-order valence-corrected chi connectivity index (χ0v) is 5.59. The molecule has 0 aromatic carbocycles. The Hall–Kier alpha value is -0.610. The van der Waals surface area contributed by atoms with Crippen LogP contribution in [0.4, 0.5) is 0 Å². The molecule has 0 rings (SSSR count). The Morgan fingerprint density at radius 3 is 2.33 bits per heavy atom. The fourth-order valence-electron chi connectivity index (χ4n) is 0.237. The first-order valence-electron chi connectivity index (χ1n) is 2.65. The van der Waals surface area contributed by atoms with Crippen LogP contribution in [0.2, 0.25) is 0 Å². The van der Waals surface area contributed by atoms with E-state index in [1.165, 1.54) is 0 Å². The van der Waals surface area contributed by atoms with Gasteiger partial charge in [-0.15, -0.1) is 0 Å². The van der Waals surface area contributed by atoms with Crippen molar-refractivity contribution in [1.29, 1.82) is 0 Å². The van der Waals surface area contributed by atoms with Gasteiger partial charge in [0.25, 0.3) is 0 Å². The molecular formula is C5H12N2O2. The number of aliphatic hydroxyl groups excluding tert-OH is 1. The maximum Gasteiger partial charge on any atom is 0.207 e. The van der Waals surface area contributed by atoms with Gasteiger partial charge in [0.05, 0.1) is 5.54 Å². The van der Waals surface area contributed by atoms with Gasteiger partial charge < -0.3 is 16.2 Å². The number of rotatable bonds is 3. The summed E-state index contributed by atoms with van der Waals surface area (Å²) >= 11 is 0. The van der Waals surface area contributed by atoms with Crippen molar-refractivity contribution in [3.8, 4) is 0 Å². The number of nitrogens with two attached hydrogens (primary N) is 1. The molecule has 4 N–H and O–H groups in total. The zero-order chi connectivity index (χ0) is 7.49. The van der Waals surface area contributed by atoms with Gasteiger partial charge in [-0.3, -0.25) is 4.79 Å². The van der Waals surface area contributed by atoms with Crippen LogP contribution in [0.25, 0.3) is 0 Å². The van der Waals surface area contributed by atoms with Gasteiger partial charge in [0, 0.05) is 0 Å². The van der Waals surface area contributed by atoms with Gasteiger partial charge in [-0.2, -0.15) is 0 Å². The SMILES string of the molecule is CC(C)(NC=O)C(N)O. The van der Waals surface area contributed by atoms with E-state index in [9.17, 15) is 4.79 Å². The lowest BCUT2D eigenvalue weighted by Crippen LogP contribution is -2.53. The minimum absolute atomic E-state index is 0.510. The van der Waals surface area contributed by atoms with E-state index in [0.717, 1.165) is 0 Å². The quantitative estimate of drug-likeness (QED) is 0.333. The first-order chi connectivity index (χ1) is 4.00. The summed E-state index contributed by atoms with van der Waals surface area (Å²) in [6.07, 6.45) is -0.515. The van der Waals surface area contributed by atoms with E-state index >= 15 is 0 Å². The molecule has 0 aromatic heterocycles. The van der Waals surface area contributed by atoms with Crippen molar-refractivity contribution >= 4 is 6.41 Å². The number of carbonyl (C=O) groups is 1. The number of carbonyl (C=O) groups excluding carboxylic acids is 1. The normalized spacial score (nSPS) is 14.7. The van der Waals surface area contributed by atoms with Crippen molar-refractivity contribution < 1.29 is 9.90 Å². The largest absolute Gasteiger partial charge is 0.376 e. The van der Waals surface area contributed by atoms with Gasteiger partial charge in [-0.1, -0.05) is 0 Å². The summed E-state index contributed by atoms with van der Waals surface area (Å²) in [5.41, 5.74) is 4.36. The molecule has 0 saturated heterocycles. The highest BCUT2D eigenvalue weighted by Gasteiger charge is 2.22. The lowest BCUT2D eigenvalue weighted by Gasteiger charge is -2.26. The van der Waals surface area contributed by atoms with E-state index in [1.807, 2.05) is 0 Å². The molecular weight excluding hydrogens is 120 g/mol. The third kappa shape index (κ3) is 2.43. The lowest BCUT2D eigenvalue weighted by molar-refractivity contribution is -0.112. The van der Waals surface area contributed by atoms with E-state index in [4.69, 9.17) is 10.8 Å². The molecule has 0 spiro atoms. The molecule has 0 saturated carbocycles. The average molecular weight is 132 g/mol. The van der Waals surface area contributed by atoms with Crippen LogP contribution in [-0.2, 0) is 4.79 Å². The van der Waals surface area contributed by atoms with Crippen LogP contribution < -0.4 is 11.1 Å². The second-order valence-electron chi connectivity index (χ2n) is 2.43. The van der Waals surface area contributed by atoms with Gasteiger partial charge in [-0.25, -0.2) is 0 Å². The van der Waals surface area contributed by atoms with Crippen LogP contribution in [0, 0.1) is 0 Å². The number of hydrogen-bond donors (Lipinski definition) is 3. The number of amides is 1. The molecule has 0 aliphatic heterocycles. The monoisotopic (exact) mass is 132 g/mol. The lowest BCUT2D eigenvalue weighted by atomic mass is 10.1. The summed E-state index contributed by atoms with van der Waals surface area (Å²) in [6.45, 7) is 3.26. The van der Waals surface area contributed by atoms with Gasteiger partial charge >= 0.3 is 0 Å². The van der Waals surface area contributed by atoms with E-state index < -0.39 is 11.8 Å². The molecule has 0 radical (unpaired) electrons. The summed E-state index contributed by atoms with van der Waals surface area (Å²) in [5, 5.41) is 11.1. The maximum atomic E-state index is 9.85. The van der Waals surface area contributed by atoms with Gasteiger partial charge in [-0.05, 0) is 13.8 Å². The highest BCUT2D eigenvalue weighted by molar-refractivity contribution is 5.47. The molecule has 4 nitrogen and oxygen atoms in total. The second kappa shape index (κ2) is 2.80. The molecule has 0 fully saturated rings. The standard InChI is InChI=1S/C5H12N2O2/c1-5(2,4(6)9)7-3-8/h3-4,9H,6H2,1-2H3,(H,7,8). The number of aliphatic hydroxyl groups is 1. The van der Waals surface area contributed by atoms with E-state index in [-0.39, 0.29) is 0 Å². The van der Waals surface area contributed by atoms with Crippen molar-refractivity contribution in [2.45, 2.75) is 25.6 Å². The number of nitrogens with one attached hydrogen (secondary N) is 1. The van der Waals surface area contributed by atoms with Gasteiger partial charge in [0.2, 0.25) is 6.41 Å². The summed E-state index contributed by atoms with van der Waals surface area (Å²) in [6, 6.07) is 0. The summed E-state index contributed by atoms with van der Waals surface area (Å²) in [5.74, 6) is 0. The van der Waals surface area contributed by atoms with E-state index in [0.29, 0.717) is 6.41 Å². The molecule has 4 heteroatoms. The highest BCUT2D eigenvalue weighted by Crippen LogP contribution is 2.01. The molecule has 0 aliphatic rings. The average Bonchev–Trinajstić information content (AvgIpc) is 1.65. The zero-order valence-electron chi connectivity index (χ0n) is 5.59. The van der Waals surface area contributed by atoms with Crippen LogP contribution in [0.3, 0.4) is 0 Å². The fourth-order valence-corrected chi connectivity index (χ4v) is 0.237. The Kier molecular flexibility index (Phi) is 2.61. The van der Waals surface area contributed by atoms with Gasteiger partial charge in [0.15, 0.2) is 0 Å². The minimum atomic E-state index is -1.03. The third-order valence-corrected chi connectivity index (χ3v) is 1.17. The molecule has 54 valence electrons. The summed E-state index contributed by atoms with van der Waals surface area (Å²) in [7, 11) is 0. The molecule has 9 heavy (non-hydrogen) atoms. The van der Waals surface area contributed by atoms with Crippen LogP contribution in [0.5, 0.6) is 0 Å². The van der Waals surface area contributed by atoms with Crippen molar-refractivity contribution in [2.75, 3.05) is 0 Å². The molecule has 0 aliphatic carbocycles. The van der Waals surface area contributed by atoms with Crippen molar-refractivity contribution in [2.24, 2.45) is 5.73 Å². The Bertz CT molecular complexity index is 101. The van der Waals surface area contributed by atoms with Crippen LogP contribution in [0.15, 0.2) is 0 Å².